The Balaban J connectivity index is 2.22. The van der Waals surface area contributed by atoms with Gasteiger partial charge in [-0.3, -0.25) is 0 Å². The molecule has 0 fully saturated rings. The van der Waals surface area contributed by atoms with Gasteiger partial charge in [0.1, 0.15) is 5.60 Å². The summed E-state index contributed by atoms with van der Waals surface area (Å²) in [6.07, 6.45) is 0.732. The molecule has 1 atom stereocenters. The van der Waals surface area contributed by atoms with Crippen LogP contribution in [-0.2, 0) is 10.3 Å². The van der Waals surface area contributed by atoms with Crippen LogP contribution >= 0.6 is 0 Å². The quantitative estimate of drug-likeness (QED) is 0.765. The predicted octanol–water partition coefficient (Wildman–Crippen LogP) is 4.17. The summed E-state index contributed by atoms with van der Waals surface area (Å²) < 4.78 is 5.72. The van der Waals surface area contributed by atoms with Gasteiger partial charge in [0.25, 0.3) is 0 Å². The maximum atomic E-state index is 12.2. The summed E-state index contributed by atoms with van der Waals surface area (Å²) in [6.45, 7) is 3.97. The summed E-state index contributed by atoms with van der Waals surface area (Å²) in [5.41, 5.74) is 1.01. The molecule has 98 valence electrons. The molecule has 2 rings (SSSR count). The first-order valence-corrected chi connectivity index (χ1v) is 6.49. The lowest BCUT2D eigenvalue weighted by atomic mass is 9.93. The number of ether oxygens (including phenoxy) is 1. The summed E-state index contributed by atoms with van der Waals surface area (Å²) >= 11 is 0. The van der Waals surface area contributed by atoms with Crippen LogP contribution in [0.25, 0.3) is 0 Å². The molecule has 0 aliphatic carbocycles. The zero-order valence-electron chi connectivity index (χ0n) is 11.3. The van der Waals surface area contributed by atoms with E-state index in [4.69, 9.17) is 4.74 Å². The summed E-state index contributed by atoms with van der Waals surface area (Å²) in [5, 5.41) is 0. The first kappa shape index (κ1) is 13.3. The summed E-state index contributed by atoms with van der Waals surface area (Å²) in [6, 6.07) is 18.9. The van der Waals surface area contributed by atoms with Gasteiger partial charge in [-0.2, -0.15) is 0 Å². The molecule has 0 saturated carbocycles. The summed E-state index contributed by atoms with van der Waals surface area (Å²) in [5.74, 6) is -0.284. The van der Waals surface area contributed by atoms with E-state index in [1.54, 1.807) is 12.1 Å². The number of benzene rings is 2. The number of rotatable bonds is 4. The standard InChI is InChI=1S/C17H18O2/c1-3-17(2,15-12-8-5-9-13-15)19-16(18)14-10-6-4-7-11-14/h4-13H,3H2,1-2H3. The molecule has 1 unspecified atom stereocenters. The maximum Gasteiger partial charge on any atom is 0.339 e. The van der Waals surface area contributed by atoms with Crippen LogP contribution in [0.2, 0.25) is 0 Å². The number of hydrogen-bond acceptors (Lipinski definition) is 2. The third-order valence-corrected chi connectivity index (χ3v) is 3.39. The highest BCUT2D eigenvalue weighted by molar-refractivity contribution is 5.89. The van der Waals surface area contributed by atoms with E-state index in [0.29, 0.717) is 5.56 Å². The monoisotopic (exact) mass is 254 g/mol. The minimum absolute atomic E-state index is 0.284. The fourth-order valence-corrected chi connectivity index (χ4v) is 1.96. The predicted molar refractivity (Wildman–Crippen MR) is 75.9 cm³/mol. The van der Waals surface area contributed by atoms with E-state index in [1.807, 2.05) is 62.4 Å². The van der Waals surface area contributed by atoms with Gasteiger partial charge in [0.2, 0.25) is 0 Å². The smallest absolute Gasteiger partial charge is 0.339 e. The van der Waals surface area contributed by atoms with E-state index in [2.05, 4.69) is 0 Å². The molecule has 2 aromatic rings. The number of hydrogen-bond donors (Lipinski definition) is 0. The minimum Gasteiger partial charge on any atom is -0.451 e. The molecule has 0 aromatic heterocycles. The van der Waals surface area contributed by atoms with Gasteiger partial charge in [0.15, 0.2) is 0 Å². The average molecular weight is 254 g/mol. The van der Waals surface area contributed by atoms with Crippen LogP contribution in [0.3, 0.4) is 0 Å². The van der Waals surface area contributed by atoms with Crippen molar-refractivity contribution in [2.75, 3.05) is 0 Å². The molecule has 0 aliphatic rings. The Bertz CT molecular complexity index is 534. The zero-order chi connectivity index (χ0) is 13.7. The van der Waals surface area contributed by atoms with E-state index in [0.717, 1.165) is 12.0 Å². The Morgan fingerprint density at radius 1 is 1.00 bits per heavy atom. The number of esters is 1. The lowest BCUT2D eigenvalue weighted by molar-refractivity contribution is -0.0141. The van der Waals surface area contributed by atoms with Gasteiger partial charge >= 0.3 is 5.97 Å². The van der Waals surface area contributed by atoms with Gasteiger partial charge in [0, 0.05) is 0 Å². The third-order valence-electron chi connectivity index (χ3n) is 3.39. The molecule has 0 heterocycles. The molecule has 0 aliphatic heterocycles. The lowest BCUT2D eigenvalue weighted by Crippen LogP contribution is -2.28. The van der Waals surface area contributed by atoms with Crippen molar-refractivity contribution in [3.63, 3.8) is 0 Å². The average Bonchev–Trinajstić information content (AvgIpc) is 2.49. The Morgan fingerprint density at radius 3 is 2.05 bits per heavy atom. The van der Waals surface area contributed by atoms with Crippen molar-refractivity contribution in [3.8, 4) is 0 Å². The Hall–Kier alpha value is -2.09. The summed E-state index contributed by atoms with van der Waals surface area (Å²) in [7, 11) is 0. The minimum atomic E-state index is -0.589. The van der Waals surface area contributed by atoms with Gasteiger partial charge in [-0.05, 0) is 31.0 Å². The van der Waals surface area contributed by atoms with Gasteiger partial charge in [-0.1, -0.05) is 55.5 Å². The van der Waals surface area contributed by atoms with E-state index in [9.17, 15) is 4.79 Å². The molecule has 0 saturated heterocycles. The van der Waals surface area contributed by atoms with Crippen LogP contribution in [0.1, 0.15) is 36.2 Å². The van der Waals surface area contributed by atoms with Crippen LogP contribution in [-0.4, -0.2) is 5.97 Å². The van der Waals surface area contributed by atoms with Crippen LogP contribution < -0.4 is 0 Å². The molecule has 2 heteroatoms. The highest BCUT2D eigenvalue weighted by Crippen LogP contribution is 2.29. The normalized spacial score (nSPS) is 13.6. The fraction of sp³-hybridized carbons (Fsp3) is 0.235. The van der Waals surface area contributed by atoms with Crippen LogP contribution in [0.4, 0.5) is 0 Å². The number of carbonyl (C=O) groups is 1. The molecular formula is C17H18O2. The van der Waals surface area contributed by atoms with Crippen molar-refractivity contribution in [1.29, 1.82) is 0 Å². The summed E-state index contributed by atoms with van der Waals surface area (Å²) in [4.78, 5) is 12.2. The molecule has 2 nitrogen and oxygen atoms in total. The van der Waals surface area contributed by atoms with E-state index >= 15 is 0 Å². The SMILES string of the molecule is CCC(C)(OC(=O)c1ccccc1)c1ccccc1. The molecule has 0 amide bonds. The first-order chi connectivity index (χ1) is 9.15. The Morgan fingerprint density at radius 2 is 1.53 bits per heavy atom. The van der Waals surface area contributed by atoms with Crippen molar-refractivity contribution >= 4 is 5.97 Å². The van der Waals surface area contributed by atoms with Crippen molar-refractivity contribution in [3.05, 3.63) is 71.8 Å². The van der Waals surface area contributed by atoms with Gasteiger partial charge in [-0.15, -0.1) is 0 Å². The Labute approximate surface area is 114 Å². The molecule has 19 heavy (non-hydrogen) atoms. The molecule has 0 bridgehead atoms. The molecule has 0 radical (unpaired) electrons. The second-order valence-electron chi connectivity index (χ2n) is 4.71. The highest BCUT2D eigenvalue weighted by atomic mass is 16.6. The van der Waals surface area contributed by atoms with Gasteiger partial charge in [0.05, 0.1) is 5.56 Å². The molecular weight excluding hydrogens is 236 g/mol. The molecule has 0 N–H and O–H groups in total. The van der Waals surface area contributed by atoms with Crippen LogP contribution in [0.15, 0.2) is 60.7 Å². The highest BCUT2D eigenvalue weighted by Gasteiger charge is 2.29. The van der Waals surface area contributed by atoms with Crippen molar-refractivity contribution in [2.45, 2.75) is 25.9 Å². The Kier molecular flexibility index (Phi) is 4.00. The van der Waals surface area contributed by atoms with Gasteiger partial charge in [-0.25, -0.2) is 4.79 Å². The van der Waals surface area contributed by atoms with Gasteiger partial charge < -0.3 is 4.74 Å². The lowest BCUT2D eigenvalue weighted by Gasteiger charge is -2.29. The second-order valence-corrected chi connectivity index (χ2v) is 4.71. The van der Waals surface area contributed by atoms with Crippen LogP contribution in [0, 0.1) is 0 Å². The molecule has 2 aromatic carbocycles. The molecule has 0 spiro atoms. The maximum absolute atomic E-state index is 12.2. The van der Waals surface area contributed by atoms with E-state index in [1.165, 1.54) is 0 Å². The first-order valence-electron chi connectivity index (χ1n) is 6.49. The number of carbonyl (C=O) groups excluding carboxylic acids is 1. The van der Waals surface area contributed by atoms with Crippen molar-refractivity contribution in [1.82, 2.24) is 0 Å². The zero-order valence-corrected chi connectivity index (χ0v) is 11.3. The third kappa shape index (κ3) is 3.02. The largest absolute Gasteiger partial charge is 0.451 e. The van der Waals surface area contributed by atoms with E-state index < -0.39 is 5.60 Å². The van der Waals surface area contributed by atoms with Crippen LogP contribution in [0.5, 0.6) is 0 Å². The van der Waals surface area contributed by atoms with Crippen molar-refractivity contribution < 1.29 is 9.53 Å². The van der Waals surface area contributed by atoms with E-state index in [-0.39, 0.29) is 5.97 Å². The van der Waals surface area contributed by atoms with Crippen molar-refractivity contribution in [2.24, 2.45) is 0 Å². The topological polar surface area (TPSA) is 26.3 Å². The second kappa shape index (κ2) is 5.70. The fourth-order valence-electron chi connectivity index (χ4n) is 1.96.